The van der Waals surface area contributed by atoms with Crippen molar-refractivity contribution in [2.75, 3.05) is 5.01 Å². The number of benzene rings is 1. The van der Waals surface area contributed by atoms with Gasteiger partial charge in [-0.05, 0) is 48.6 Å². The number of allylic oxidation sites excluding steroid dienone is 10. The van der Waals surface area contributed by atoms with E-state index in [1.807, 2.05) is 0 Å². The van der Waals surface area contributed by atoms with E-state index in [0.717, 1.165) is 0 Å². The van der Waals surface area contributed by atoms with Crippen molar-refractivity contribution in [3.05, 3.63) is 101 Å². The number of carboxylic acid groups (broad SMARTS) is 1. The number of nitrogens with one attached hydrogen (secondary N) is 2. The summed E-state index contributed by atoms with van der Waals surface area (Å²) in [6, 6.07) is 6.19. The van der Waals surface area contributed by atoms with Crippen LogP contribution in [-0.2, 0) is 9.59 Å². The second kappa shape index (κ2) is 6.88. The Morgan fingerprint density at radius 1 is 0.821 bits per heavy atom. The minimum atomic E-state index is -1.03. The van der Waals surface area contributed by atoms with Gasteiger partial charge in [0.15, 0.2) is 11.6 Å². The maximum Gasteiger partial charge on any atom is 0.335 e. The summed E-state index contributed by atoms with van der Waals surface area (Å²) in [4.78, 5) is 35.7. The Hall–Kier alpha value is -4.13. The van der Waals surface area contributed by atoms with Gasteiger partial charge in [-0.15, -0.1) is 0 Å². The van der Waals surface area contributed by atoms with Gasteiger partial charge in [0.05, 0.1) is 22.4 Å². The quantitative estimate of drug-likeness (QED) is 0.683. The van der Waals surface area contributed by atoms with Crippen molar-refractivity contribution in [3.63, 3.8) is 0 Å². The van der Waals surface area contributed by atoms with Crippen molar-refractivity contribution in [1.29, 1.82) is 0 Å². The second-order valence-corrected chi connectivity index (χ2v) is 6.14. The van der Waals surface area contributed by atoms with Crippen molar-refractivity contribution >= 4 is 23.2 Å². The molecule has 28 heavy (non-hydrogen) atoms. The lowest BCUT2D eigenvalue weighted by molar-refractivity contribution is -0.111. The Morgan fingerprint density at radius 2 is 1.39 bits per heavy atom. The molecule has 138 valence electrons. The SMILES string of the molecule is O=C1C=CC=CC1=C1NC(=C2C=CC=CC2=O)N(c2ccc(C(=O)O)cc2)N1. The van der Waals surface area contributed by atoms with Gasteiger partial charge >= 0.3 is 5.97 Å². The minimum Gasteiger partial charge on any atom is -0.478 e. The van der Waals surface area contributed by atoms with E-state index in [4.69, 9.17) is 5.11 Å². The first-order valence-electron chi connectivity index (χ1n) is 8.48. The molecule has 3 aliphatic rings. The minimum absolute atomic E-state index is 0.149. The summed E-state index contributed by atoms with van der Waals surface area (Å²) in [5.74, 6) is -0.496. The lowest BCUT2D eigenvalue weighted by Gasteiger charge is -2.20. The molecular formula is C21H15N3O4. The highest BCUT2D eigenvalue weighted by Crippen LogP contribution is 2.27. The first-order chi connectivity index (χ1) is 13.5. The molecule has 0 aromatic heterocycles. The van der Waals surface area contributed by atoms with Crippen LogP contribution in [-0.4, -0.2) is 22.6 Å². The predicted octanol–water partition coefficient (Wildman–Crippen LogP) is 2.11. The van der Waals surface area contributed by atoms with Gasteiger partial charge in [-0.3, -0.25) is 15.0 Å². The average Bonchev–Trinajstić information content (AvgIpc) is 3.13. The Labute approximate surface area is 160 Å². The van der Waals surface area contributed by atoms with Crippen molar-refractivity contribution in [3.8, 4) is 0 Å². The summed E-state index contributed by atoms with van der Waals surface area (Å²) in [5.41, 5.74) is 4.70. The molecule has 1 aliphatic heterocycles. The summed E-state index contributed by atoms with van der Waals surface area (Å²) >= 11 is 0. The molecule has 0 saturated carbocycles. The van der Waals surface area contributed by atoms with E-state index in [1.165, 1.54) is 24.3 Å². The van der Waals surface area contributed by atoms with Crippen LogP contribution in [0, 0.1) is 0 Å². The topological polar surface area (TPSA) is 98.7 Å². The highest BCUT2D eigenvalue weighted by atomic mass is 16.4. The first kappa shape index (κ1) is 17.3. The van der Waals surface area contributed by atoms with Gasteiger partial charge < -0.3 is 10.4 Å². The molecule has 1 heterocycles. The first-order valence-corrected chi connectivity index (χ1v) is 8.48. The predicted molar refractivity (Wildman–Crippen MR) is 103 cm³/mol. The van der Waals surface area contributed by atoms with Crippen LogP contribution in [0.25, 0.3) is 0 Å². The number of carbonyl (C=O) groups excluding carboxylic acids is 2. The highest BCUT2D eigenvalue weighted by Gasteiger charge is 2.30. The third kappa shape index (κ3) is 3.05. The van der Waals surface area contributed by atoms with Crippen LogP contribution in [0.1, 0.15) is 10.4 Å². The fourth-order valence-electron chi connectivity index (χ4n) is 2.97. The summed E-state index contributed by atoms with van der Waals surface area (Å²) in [6.45, 7) is 0. The number of ketones is 2. The number of anilines is 1. The number of nitrogens with zero attached hydrogens (tertiary/aromatic N) is 1. The molecule has 4 rings (SSSR count). The molecule has 0 bridgehead atoms. The van der Waals surface area contributed by atoms with E-state index in [2.05, 4.69) is 10.7 Å². The molecule has 0 unspecified atom stereocenters. The molecule has 0 radical (unpaired) electrons. The van der Waals surface area contributed by atoms with Crippen molar-refractivity contribution in [1.82, 2.24) is 10.7 Å². The lowest BCUT2D eigenvalue weighted by atomic mass is 10.1. The molecule has 7 heteroatoms. The van der Waals surface area contributed by atoms with E-state index in [9.17, 15) is 14.4 Å². The van der Waals surface area contributed by atoms with E-state index in [1.54, 1.807) is 53.6 Å². The average molecular weight is 373 g/mol. The molecule has 0 amide bonds. The number of hydrogen-bond donors (Lipinski definition) is 3. The standard InChI is InChI=1S/C21H15N3O4/c25-17-7-3-1-5-15(17)19-22-20(16-6-2-4-8-18(16)26)24(23-19)14-11-9-13(10-12-14)21(27)28/h1-12,22-23H,(H,27,28). The molecule has 2 aliphatic carbocycles. The zero-order valence-electron chi connectivity index (χ0n) is 14.5. The smallest absolute Gasteiger partial charge is 0.335 e. The molecule has 1 saturated heterocycles. The normalized spacial score (nSPS) is 23.2. The van der Waals surface area contributed by atoms with E-state index in [-0.39, 0.29) is 17.1 Å². The van der Waals surface area contributed by atoms with Gasteiger partial charge in [0.25, 0.3) is 0 Å². The Kier molecular flexibility index (Phi) is 4.25. The van der Waals surface area contributed by atoms with Gasteiger partial charge in [-0.1, -0.05) is 24.3 Å². The summed E-state index contributed by atoms with van der Waals surface area (Å²) in [6.07, 6.45) is 13.1. The largest absolute Gasteiger partial charge is 0.478 e. The summed E-state index contributed by atoms with van der Waals surface area (Å²) in [7, 11) is 0. The molecule has 7 nitrogen and oxygen atoms in total. The number of hydrazine groups is 1. The van der Waals surface area contributed by atoms with Crippen molar-refractivity contribution in [2.24, 2.45) is 0 Å². The Bertz CT molecular complexity index is 1070. The third-order valence-electron chi connectivity index (χ3n) is 4.36. The highest BCUT2D eigenvalue weighted by molar-refractivity contribution is 6.09. The summed E-state index contributed by atoms with van der Waals surface area (Å²) < 4.78 is 0. The molecule has 3 N–H and O–H groups in total. The number of carbonyl (C=O) groups is 3. The maximum absolute atomic E-state index is 12.4. The van der Waals surface area contributed by atoms with E-state index in [0.29, 0.717) is 28.5 Å². The van der Waals surface area contributed by atoms with E-state index >= 15 is 0 Å². The third-order valence-corrected chi connectivity index (χ3v) is 4.36. The molecule has 0 atom stereocenters. The number of hydrogen-bond acceptors (Lipinski definition) is 6. The van der Waals surface area contributed by atoms with Crippen LogP contribution >= 0.6 is 0 Å². The molecule has 0 spiro atoms. The van der Waals surface area contributed by atoms with Crippen LogP contribution in [0.4, 0.5) is 5.69 Å². The van der Waals surface area contributed by atoms with Gasteiger partial charge in [-0.2, -0.15) is 0 Å². The van der Waals surface area contributed by atoms with Crippen LogP contribution in [0.15, 0.2) is 95.7 Å². The van der Waals surface area contributed by atoms with E-state index < -0.39 is 5.97 Å². The second-order valence-electron chi connectivity index (χ2n) is 6.14. The maximum atomic E-state index is 12.4. The van der Waals surface area contributed by atoms with Gasteiger partial charge in [0, 0.05) is 0 Å². The Balaban J connectivity index is 1.81. The van der Waals surface area contributed by atoms with Gasteiger partial charge in [-0.25, -0.2) is 9.80 Å². The fraction of sp³-hybridized carbons (Fsp3) is 0. The monoisotopic (exact) mass is 373 g/mol. The zero-order chi connectivity index (χ0) is 19.7. The Morgan fingerprint density at radius 3 is 1.96 bits per heavy atom. The number of carboxylic acids is 1. The van der Waals surface area contributed by atoms with Crippen LogP contribution in [0.3, 0.4) is 0 Å². The van der Waals surface area contributed by atoms with Crippen LogP contribution in [0.5, 0.6) is 0 Å². The molecule has 1 aromatic carbocycles. The van der Waals surface area contributed by atoms with Gasteiger partial charge in [0.1, 0.15) is 11.6 Å². The molecular weight excluding hydrogens is 358 g/mol. The molecule has 1 fully saturated rings. The van der Waals surface area contributed by atoms with Crippen LogP contribution in [0.2, 0.25) is 0 Å². The van der Waals surface area contributed by atoms with Crippen molar-refractivity contribution < 1.29 is 19.5 Å². The number of aromatic carboxylic acids is 1. The fourth-order valence-corrected chi connectivity index (χ4v) is 2.97. The van der Waals surface area contributed by atoms with Gasteiger partial charge in [0.2, 0.25) is 0 Å². The summed E-state index contributed by atoms with van der Waals surface area (Å²) in [5, 5.41) is 13.8. The lowest BCUT2D eigenvalue weighted by Crippen LogP contribution is -2.31. The van der Waals surface area contributed by atoms with Crippen LogP contribution < -0.4 is 15.8 Å². The zero-order valence-corrected chi connectivity index (χ0v) is 14.5. The van der Waals surface area contributed by atoms with Crippen molar-refractivity contribution in [2.45, 2.75) is 0 Å². The number of rotatable bonds is 2. The molecule has 1 aromatic rings.